The largest absolute Gasteiger partial charge is 0.313 e. The molecule has 1 aromatic rings. The fourth-order valence-corrected chi connectivity index (χ4v) is 2.91. The van der Waals surface area contributed by atoms with Crippen molar-refractivity contribution in [2.24, 2.45) is 0 Å². The molecule has 2 nitrogen and oxygen atoms in total. The van der Waals surface area contributed by atoms with Crippen molar-refractivity contribution >= 4 is 11.3 Å². The van der Waals surface area contributed by atoms with Crippen LogP contribution in [0.3, 0.4) is 0 Å². The van der Waals surface area contributed by atoms with E-state index in [0.29, 0.717) is 12.1 Å². The van der Waals surface area contributed by atoms with Crippen LogP contribution >= 0.6 is 11.3 Å². The first-order valence-corrected chi connectivity index (χ1v) is 6.71. The molecule has 3 heteroatoms. The van der Waals surface area contributed by atoms with Crippen molar-refractivity contribution < 1.29 is 0 Å². The maximum atomic E-state index is 3.61. The zero-order valence-electron chi connectivity index (χ0n) is 9.33. The Bertz CT molecular complexity index is 265. The minimum Gasteiger partial charge on any atom is -0.313 e. The summed E-state index contributed by atoms with van der Waals surface area (Å²) in [6.45, 7) is 4.59. The molecule has 1 aliphatic heterocycles. The fraction of sp³-hybridized carbons (Fsp3) is 0.667. The first kappa shape index (κ1) is 11.1. The summed E-state index contributed by atoms with van der Waals surface area (Å²) in [6.07, 6.45) is 3.83. The molecule has 0 aliphatic carbocycles. The second kappa shape index (κ2) is 5.64. The molecule has 0 saturated carbocycles. The van der Waals surface area contributed by atoms with Gasteiger partial charge in [-0.05, 0) is 44.2 Å². The van der Waals surface area contributed by atoms with Crippen molar-refractivity contribution in [2.75, 3.05) is 13.1 Å². The molecule has 0 spiro atoms. The molecule has 2 heterocycles. The Kier molecular flexibility index (Phi) is 4.18. The van der Waals surface area contributed by atoms with E-state index in [1.165, 1.54) is 24.3 Å². The van der Waals surface area contributed by atoms with Crippen LogP contribution in [0, 0.1) is 0 Å². The van der Waals surface area contributed by atoms with Gasteiger partial charge in [-0.3, -0.25) is 0 Å². The molecule has 1 aromatic heterocycles. The van der Waals surface area contributed by atoms with Crippen molar-refractivity contribution in [2.45, 2.75) is 38.3 Å². The van der Waals surface area contributed by atoms with Gasteiger partial charge in [-0.15, -0.1) is 11.3 Å². The van der Waals surface area contributed by atoms with Gasteiger partial charge in [0.1, 0.15) is 0 Å². The maximum absolute atomic E-state index is 3.61. The van der Waals surface area contributed by atoms with Crippen molar-refractivity contribution in [1.82, 2.24) is 10.6 Å². The number of thiophene rings is 1. The molecular weight excluding hydrogens is 204 g/mol. The summed E-state index contributed by atoms with van der Waals surface area (Å²) < 4.78 is 0. The van der Waals surface area contributed by atoms with E-state index in [9.17, 15) is 0 Å². The van der Waals surface area contributed by atoms with Gasteiger partial charge in [-0.1, -0.05) is 6.07 Å². The Morgan fingerprint density at radius 1 is 1.67 bits per heavy atom. The van der Waals surface area contributed by atoms with E-state index in [4.69, 9.17) is 0 Å². The molecule has 1 saturated heterocycles. The molecular formula is C12H20N2S. The predicted octanol–water partition coefficient (Wildman–Crippen LogP) is 2.02. The Labute approximate surface area is 96.1 Å². The Morgan fingerprint density at radius 2 is 2.60 bits per heavy atom. The Morgan fingerprint density at radius 3 is 3.27 bits per heavy atom. The average molecular weight is 224 g/mol. The Hall–Kier alpha value is -0.380. The first-order chi connectivity index (χ1) is 7.34. The van der Waals surface area contributed by atoms with Gasteiger partial charge in [0.05, 0.1) is 0 Å². The third-order valence-electron chi connectivity index (χ3n) is 2.96. The lowest BCUT2D eigenvalue weighted by molar-refractivity contribution is 0.479. The highest BCUT2D eigenvalue weighted by Crippen LogP contribution is 2.11. The number of nitrogens with one attached hydrogen (secondary N) is 2. The summed E-state index contributed by atoms with van der Waals surface area (Å²) >= 11 is 1.85. The second-order valence-electron chi connectivity index (χ2n) is 4.39. The van der Waals surface area contributed by atoms with Crippen LogP contribution in [0.1, 0.15) is 24.6 Å². The lowest BCUT2D eigenvalue weighted by Crippen LogP contribution is -2.39. The van der Waals surface area contributed by atoms with Gasteiger partial charge in [-0.2, -0.15) is 0 Å². The highest BCUT2D eigenvalue weighted by molar-refractivity contribution is 7.09. The molecule has 84 valence electrons. The van der Waals surface area contributed by atoms with Crippen LogP contribution in [0.25, 0.3) is 0 Å². The minimum absolute atomic E-state index is 0.589. The van der Waals surface area contributed by atoms with Gasteiger partial charge >= 0.3 is 0 Å². The van der Waals surface area contributed by atoms with E-state index < -0.39 is 0 Å². The summed E-state index contributed by atoms with van der Waals surface area (Å²) in [6, 6.07) is 5.64. The van der Waals surface area contributed by atoms with E-state index in [-0.39, 0.29) is 0 Å². The minimum atomic E-state index is 0.589. The van der Waals surface area contributed by atoms with Gasteiger partial charge in [-0.25, -0.2) is 0 Å². The molecule has 0 aromatic carbocycles. The molecule has 0 amide bonds. The van der Waals surface area contributed by atoms with Crippen LogP contribution in [0.4, 0.5) is 0 Å². The number of rotatable bonds is 5. The lowest BCUT2D eigenvalue weighted by Gasteiger charge is -2.16. The van der Waals surface area contributed by atoms with Crippen LogP contribution in [-0.2, 0) is 6.42 Å². The van der Waals surface area contributed by atoms with Crippen molar-refractivity contribution in [3.63, 3.8) is 0 Å². The highest BCUT2D eigenvalue weighted by atomic mass is 32.1. The standard InChI is InChI=1S/C12H20N2S/c1-10(8-12-5-3-7-15-12)14-9-11-4-2-6-13-11/h3,5,7,10-11,13-14H,2,4,6,8-9H2,1H3. The average Bonchev–Trinajstić information content (AvgIpc) is 2.86. The molecule has 0 radical (unpaired) electrons. The second-order valence-corrected chi connectivity index (χ2v) is 5.42. The monoisotopic (exact) mass is 224 g/mol. The summed E-state index contributed by atoms with van der Waals surface area (Å²) in [5, 5.41) is 9.27. The van der Waals surface area contributed by atoms with E-state index >= 15 is 0 Å². The van der Waals surface area contributed by atoms with Gasteiger partial charge in [0.25, 0.3) is 0 Å². The fourth-order valence-electron chi connectivity index (χ4n) is 2.08. The van der Waals surface area contributed by atoms with Gasteiger partial charge in [0.2, 0.25) is 0 Å². The molecule has 15 heavy (non-hydrogen) atoms. The van der Waals surface area contributed by atoms with E-state index in [2.05, 4.69) is 35.1 Å². The van der Waals surface area contributed by atoms with E-state index in [1.54, 1.807) is 0 Å². The van der Waals surface area contributed by atoms with Crippen molar-refractivity contribution in [1.29, 1.82) is 0 Å². The maximum Gasteiger partial charge on any atom is 0.0193 e. The summed E-state index contributed by atoms with van der Waals surface area (Å²) in [5.74, 6) is 0. The third-order valence-corrected chi connectivity index (χ3v) is 3.86. The molecule has 1 fully saturated rings. The van der Waals surface area contributed by atoms with Gasteiger partial charge < -0.3 is 10.6 Å². The van der Waals surface area contributed by atoms with E-state index in [1.807, 2.05) is 11.3 Å². The Balaban J connectivity index is 1.66. The van der Waals surface area contributed by atoms with Crippen LogP contribution in [0.15, 0.2) is 17.5 Å². The van der Waals surface area contributed by atoms with Crippen LogP contribution < -0.4 is 10.6 Å². The van der Waals surface area contributed by atoms with Crippen LogP contribution in [-0.4, -0.2) is 25.2 Å². The molecule has 1 aliphatic rings. The molecule has 2 atom stereocenters. The molecule has 0 bridgehead atoms. The SMILES string of the molecule is CC(Cc1cccs1)NCC1CCCN1. The quantitative estimate of drug-likeness (QED) is 0.799. The van der Waals surface area contributed by atoms with Crippen molar-refractivity contribution in [3.8, 4) is 0 Å². The molecule has 2 N–H and O–H groups in total. The van der Waals surface area contributed by atoms with E-state index in [0.717, 1.165) is 13.0 Å². The summed E-state index contributed by atoms with van der Waals surface area (Å²) in [5.41, 5.74) is 0. The van der Waals surface area contributed by atoms with Crippen LogP contribution in [0.2, 0.25) is 0 Å². The highest BCUT2D eigenvalue weighted by Gasteiger charge is 2.14. The number of hydrogen-bond donors (Lipinski definition) is 2. The normalized spacial score (nSPS) is 23.1. The number of hydrogen-bond acceptors (Lipinski definition) is 3. The smallest absolute Gasteiger partial charge is 0.0193 e. The van der Waals surface area contributed by atoms with Crippen LogP contribution in [0.5, 0.6) is 0 Å². The third kappa shape index (κ3) is 3.59. The topological polar surface area (TPSA) is 24.1 Å². The molecule has 2 rings (SSSR count). The van der Waals surface area contributed by atoms with Gasteiger partial charge in [0.15, 0.2) is 0 Å². The first-order valence-electron chi connectivity index (χ1n) is 5.84. The molecule has 2 unspecified atom stereocenters. The zero-order chi connectivity index (χ0) is 10.5. The summed E-state index contributed by atoms with van der Waals surface area (Å²) in [4.78, 5) is 1.48. The zero-order valence-corrected chi connectivity index (χ0v) is 10.1. The lowest BCUT2D eigenvalue weighted by atomic mass is 10.2. The van der Waals surface area contributed by atoms with Gasteiger partial charge in [0, 0.05) is 23.5 Å². The summed E-state index contributed by atoms with van der Waals surface area (Å²) in [7, 11) is 0. The van der Waals surface area contributed by atoms with Crippen molar-refractivity contribution in [3.05, 3.63) is 22.4 Å². The predicted molar refractivity (Wildman–Crippen MR) is 66.5 cm³/mol.